The number of hydrogen-bond donors (Lipinski definition) is 0. The first kappa shape index (κ1) is 25.2. The van der Waals surface area contributed by atoms with Crippen molar-refractivity contribution in [1.82, 2.24) is 0 Å². The second-order valence-corrected chi connectivity index (χ2v) is 6.46. The summed E-state index contributed by atoms with van der Waals surface area (Å²) in [5.41, 5.74) is 0.295. The van der Waals surface area contributed by atoms with E-state index in [0.717, 1.165) is 19.3 Å². The van der Waals surface area contributed by atoms with Gasteiger partial charge in [0.05, 0.1) is 29.9 Å². The fourth-order valence-corrected chi connectivity index (χ4v) is 2.68. The molecule has 2 unspecified atom stereocenters. The Balaban J connectivity index is 0.00000326. The van der Waals surface area contributed by atoms with Gasteiger partial charge in [0, 0.05) is 0 Å². The maximum absolute atomic E-state index is 13.1. The summed E-state index contributed by atoms with van der Waals surface area (Å²) >= 11 is 0. The second kappa shape index (κ2) is 14.3. The van der Waals surface area contributed by atoms with Crippen LogP contribution in [0.25, 0.3) is 0 Å². The lowest BCUT2D eigenvalue weighted by Gasteiger charge is -2.19. The Morgan fingerprint density at radius 1 is 1.04 bits per heavy atom. The lowest BCUT2D eigenvalue weighted by Crippen LogP contribution is -2.28. The van der Waals surface area contributed by atoms with E-state index in [4.69, 9.17) is 18.8 Å². The van der Waals surface area contributed by atoms with E-state index < -0.39 is 11.9 Å². The van der Waals surface area contributed by atoms with E-state index in [9.17, 15) is 9.59 Å². The van der Waals surface area contributed by atoms with Crippen molar-refractivity contribution in [3.63, 3.8) is 0 Å². The Labute approximate surface area is 164 Å². The van der Waals surface area contributed by atoms with Gasteiger partial charge in [0.2, 0.25) is 0 Å². The summed E-state index contributed by atoms with van der Waals surface area (Å²) in [5.74, 6) is -0.662. The molecule has 1 aromatic carbocycles. The second-order valence-electron chi connectivity index (χ2n) is 6.46. The van der Waals surface area contributed by atoms with Gasteiger partial charge in [-0.2, -0.15) is 0 Å². The predicted octanol–water partition coefficient (Wildman–Crippen LogP) is 4.22. The number of ether oxygens (including phenoxy) is 3. The van der Waals surface area contributed by atoms with Crippen LogP contribution in [0, 0.1) is 11.8 Å². The van der Waals surface area contributed by atoms with Gasteiger partial charge in [0.15, 0.2) is 5.78 Å². The van der Waals surface area contributed by atoms with Gasteiger partial charge in [0.25, 0.3) is 0 Å². The minimum absolute atomic E-state index is 0.179. The van der Waals surface area contributed by atoms with Crippen LogP contribution < -0.4 is 9.47 Å². The van der Waals surface area contributed by atoms with Gasteiger partial charge in [-0.15, -0.1) is 0 Å². The van der Waals surface area contributed by atoms with E-state index in [1.807, 2.05) is 13.8 Å². The maximum atomic E-state index is 13.1. The van der Waals surface area contributed by atoms with E-state index in [0.29, 0.717) is 39.2 Å². The van der Waals surface area contributed by atoms with Crippen molar-refractivity contribution in [3.8, 4) is 11.5 Å². The molecule has 0 spiro atoms. The van der Waals surface area contributed by atoms with Crippen LogP contribution in [-0.2, 0) is 14.1 Å². The third-order valence-corrected chi connectivity index (χ3v) is 3.97. The van der Waals surface area contributed by atoms with Gasteiger partial charge < -0.3 is 18.8 Å². The number of carbonyl (C=O) groups excluding carboxylic acids is 2. The van der Waals surface area contributed by atoms with Crippen LogP contribution in [0.1, 0.15) is 56.8 Å². The molecule has 0 N–H and O–H groups in total. The molecule has 0 saturated carbocycles. The standard InChI is InChI=1S/C20H30O5.H3OP/c1-6-7-8-12-25-20(22)15(13-14(2)3)19(21)18-16(23-4)10-9-11-17(18)24-5;1-2/h9-11,14-15H,6-8,12-13H2,1-5H3;2H3. The van der Waals surface area contributed by atoms with Gasteiger partial charge >= 0.3 is 5.97 Å². The molecule has 0 saturated heterocycles. The molecule has 6 nitrogen and oxygen atoms in total. The molecule has 0 heterocycles. The molecule has 0 aromatic heterocycles. The van der Waals surface area contributed by atoms with E-state index >= 15 is 0 Å². The van der Waals surface area contributed by atoms with Crippen LogP contribution in [0.5, 0.6) is 11.5 Å². The number of Topliss-reactive ketones (excluding diaryl/α,β-unsaturated/α-hetero) is 1. The highest BCUT2D eigenvalue weighted by atomic mass is 31.0. The molecular formula is C20H33O6P. The fourth-order valence-electron chi connectivity index (χ4n) is 2.68. The molecule has 0 aliphatic rings. The van der Waals surface area contributed by atoms with E-state index in [2.05, 4.69) is 6.92 Å². The van der Waals surface area contributed by atoms with Crippen molar-refractivity contribution >= 4 is 20.9 Å². The Morgan fingerprint density at radius 2 is 1.59 bits per heavy atom. The number of hydrogen-bond acceptors (Lipinski definition) is 6. The number of rotatable bonds is 11. The number of benzene rings is 1. The number of ketones is 1. The SMILES string of the molecule is CCCCCOC(=O)C(CC(C)C)C(=O)c1c(OC)cccc1OC.O=[PH3]. The summed E-state index contributed by atoms with van der Waals surface area (Å²) in [5, 5.41) is 0. The number of carbonyl (C=O) groups is 2. The lowest BCUT2D eigenvalue weighted by atomic mass is 9.89. The summed E-state index contributed by atoms with van der Waals surface area (Å²) in [7, 11) is 3.60. The van der Waals surface area contributed by atoms with Gasteiger partial charge in [0.1, 0.15) is 23.0 Å². The molecule has 154 valence electrons. The summed E-state index contributed by atoms with van der Waals surface area (Å²) in [6, 6.07) is 5.12. The zero-order valence-corrected chi connectivity index (χ0v) is 18.5. The first-order valence-corrected chi connectivity index (χ1v) is 9.74. The minimum atomic E-state index is -0.855. The fraction of sp³-hybridized carbons (Fsp3) is 0.600. The summed E-state index contributed by atoms with van der Waals surface area (Å²) < 4.78 is 24.2. The molecule has 0 amide bonds. The van der Waals surface area contributed by atoms with Gasteiger partial charge in [-0.1, -0.05) is 39.7 Å². The van der Waals surface area contributed by atoms with Crippen molar-refractivity contribution in [2.45, 2.75) is 46.5 Å². The molecule has 0 aliphatic heterocycles. The first-order chi connectivity index (χ1) is 13.0. The third kappa shape index (κ3) is 8.17. The molecule has 0 fully saturated rings. The van der Waals surface area contributed by atoms with Crippen LogP contribution in [-0.4, -0.2) is 32.6 Å². The quantitative estimate of drug-likeness (QED) is 0.182. The van der Waals surface area contributed by atoms with Crippen LogP contribution in [0.2, 0.25) is 0 Å². The highest BCUT2D eigenvalue weighted by molar-refractivity contribution is 7.00. The molecule has 1 aromatic rings. The van der Waals surface area contributed by atoms with Crippen molar-refractivity contribution in [2.24, 2.45) is 11.8 Å². The van der Waals surface area contributed by atoms with E-state index in [1.54, 1.807) is 18.2 Å². The minimum Gasteiger partial charge on any atom is -0.496 e. The molecule has 0 aliphatic carbocycles. The summed E-state index contributed by atoms with van der Waals surface area (Å²) in [6.07, 6.45) is 3.27. The zero-order valence-electron chi connectivity index (χ0n) is 17.1. The number of methoxy groups -OCH3 is 2. The lowest BCUT2D eigenvalue weighted by molar-refractivity contribution is -0.147. The molecule has 2 atom stereocenters. The summed E-state index contributed by atoms with van der Waals surface area (Å²) in [6.45, 7) is 6.38. The molecule has 27 heavy (non-hydrogen) atoms. The average molecular weight is 400 g/mol. The summed E-state index contributed by atoms with van der Waals surface area (Å²) in [4.78, 5) is 25.6. The largest absolute Gasteiger partial charge is 0.496 e. The van der Waals surface area contributed by atoms with Gasteiger partial charge in [-0.05, 0) is 30.9 Å². The Hall–Kier alpha value is -1.81. The maximum Gasteiger partial charge on any atom is 0.316 e. The Morgan fingerprint density at radius 3 is 2.04 bits per heavy atom. The normalized spacial score (nSPS) is 11.3. The number of esters is 1. The Kier molecular flexibility index (Phi) is 13.3. The van der Waals surface area contributed by atoms with E-state index in [-0.39, 0.29) is 11.7 Å². The highest BCUT2D eigenvalue weighted by Crippen LogP contribution is 2.32. The predicted molar refractivity (Wildman–Crippen MR) is 109 cm³/mol. The van der Waals surface area contributed by atoms with Crippen LogP contribution in [0.4, 0.5) is 0 Å². The van der Waals surface area contributed by atoms with Crippen molar-refractivity contribution < 1.29 is 28.4 Å². The van der Waals surface area contributed by atoms with Crippen LogP contribution >= 0.6 is 9.12 Å². The van der Waals surface area contributed by atoms with Crippen molar-refractivity contribution in [2.75, 3.05) is 20.8 Å². The molecule has 0 radical (unpaired) electrons. The van der Waals surface area contributed by atoms with Gasteiger partial charge in [-0.25, -0.2) is 0 Å². The first-order valence-electron chi connectivity index (χ1n) is 9.16. The van der Waals surface area contributed by atoms with E-state index in [1.165, 1.54) is 14.2 Å². The number of unbranched alkanes of at least 4 members (excludes halogenated alkanes) is 2. The van der Waals surface area contributed by atoms with Crippen LogP contribution in [0.15, 0.2) is 18.2 Å². The molecule has 0 bridgehead atoms. The van der Waals surface area contributed by atoms with Crippen molar-refractivity contribution in [1.29, 1.82) is 0 Å². The molecule has 1 rings (SSSR count). The molecule has 7 heteroatoms. The Bertz CT molecular complexity index is 566. The van der Waals surface area contributed by atoms with Crippen molar-refractivity contribution in [3.05, 3.63) is 23.8 Å². The van der Waals surface area contributed by atoms with Crippen LogP contribution in [0.3, 0.4) is 0 Å². The molecular weight excluding hydrogens is 367 g/mol. The smallest absolute Gasteiger partial charge is 0.316 e. The average Bonchev–Trinajstić information content (AvgIpc) is 2.69. The highest BCUT2D eigenvalue weighted by Gasteiger charge is 2.33. The monoisotopic (exact) mass is 400 g/mol. The third-order valence-electron chi connectivity index (χ3n) is 3.97. The zero-order chi connectivity index (χ0) is 20.8. The van der Waals surface area contributed by atoms with Gasteiger partial charge in [-0.3, -0.25) is 9.59 Å². The topological polar surface area (TPSA) is 78.9 Å².